The number of amides is 1. The van der Waals surface area contributed by atoms with Crippen LogP contribution in [0.4, 0.5) is 4.39 Å². The van der Waals surface area contributed by atoms with Gasteiger partial charge in [-0.25, -0.2) is 4.39 Å². The first-order chi connectivity index (χ1) is 13.3. The Morgan fingerprint density at radius 1 is 1.14 bits per heavy atom. The zero-order valence-electron chi connectivity index (χ0n) is 15.7. The average molecular weight is 428 g/mol. The molecule has 3 N–H and O–H groups in total. The Balaban J connectivity index is 2.06. The summed E-state index contributed by atoms with van der Waals surface area (Å²) in [6.07, 6.45) is 0.562. The van der Waals surface area contributed by atoms with Gasteiger partial charge in [-0.05, 0) is 17.2 Å². The third-order valence-electron chi connectivity index (χ3n) is 4.17. The fourth-order valence-corrected chi connectivity index (χ4v) is 2.69. The normalized spacial score (nSPS) is 13.6. The number of hydrogen-bond donors (Lipinski definition) is 3. The van der Waals surface area contributed by atoms with Crippen LogP contribution < -0.4 is 10.6 Å². The van der Waals surface area contributed by atoms with Crippen molar-refractivity contribution in [3.8, 4) is 11.1 Å². The molecule has 1 aromatic heterocycles. The molecule has 1 amide bonds. The number of carbonyl (C=O) groups is 1. The molecule has 0 bridgehead atoms. The third-order valence-corrected chi connectivity index (χ3v) is 4.57. The van der Waals surface area contributed by atoms with Crippen LogP contribution in [-0.4, -0.2) is 39.6 Å². The molecule has 2 atom stereocenters. The fraction of sp³-hybridized carbons (Fsp3) is 0.400. The SMILES string of the molecule is CC(C)NCc1ccc(-c2ccc(C(O)C(CF)NC(=O)C(Cl)Cl)cc2)cn1. The topological polar surface area (TPSA) is 74.2 Å². The molecule has 8 heteroatoms. The number of nitrogens with one attached hydrogen (secondary N) is 2. The Kier molecular flexibility index (Phi) is 8.63. The van der Waals surface area contributed by atoms with Gasteiger partial charge in [-0.1, -0.05) is 67.4 Å². The highest BCUT2D eigenvalue weighted by Gasteiger charge is 2.25. The van der Waals surface area contributed by atoms with E-state index >= 15 is 0 Å². The van der Waals surface area contributed by atoms with E-state index in [1.54, 1.807) is 18.3 Å². The van der Waals surface area contributed by atoms with E-state index in [2.05, 4.69) is 29.5 Å². The Hall–Kier alpha value is -1.73. The second-order valence-electron chi connectivity index (χ2n) is 6.71. The van der Waals surface area contributed by atoms with Crippen molar-refractivity contribution >= 4 is 29.1 Å². The number of pyridine rings is 1. The van der Waals surface area contributed by atoms with Crippen molar-refractivity contribution in [1.82, 2.24) is 15.6 Å². The Morgan fingerprint density at radius 2 is 1.79 bits per heavy atom. The predicted octanol–water partition coefficient (Wildman–Crippen LogP) is 3.54. The largest absolute Gasteiger partial charge is 0.386 e. The summed E-state index contributed by atoms with van der Waals surface area (Å²) in [5.41, 5.74) is 3.26. The highest BCUT2D eigenvalue weighted by atomic mass is 35.5. The molecule has 0 aliphatic heterocycles. The molecule has 2 unspecified atom stereocenters. The Morgan fingerprint density at radius 3 is 2.29 bits per heavy atom. The second-order valence-corrected chi connectivity index (χ2v) is 7.81. The number of nitrogens with zero attached hydrogens (tertiary/aromatic N) is 1. The lowest BCUT2D eigenvalue weighted by molar-refractivity contribution is -0.121. The van der Waals surface area contributed by atoms with Crippen molar-refractivity contribution < 1.29 is 14.3 Å². The lowest BCUT2D eigenvalue weighted by Crippen LogP contribution is -2.43. The van der Waals surface area contributed by atoms with Crippen molar-refractivity contribution in [2.24, 2.45) is 0 Å². The van der Waals surface area contributed by atoms with E-state index in [0.717, 1.165) is 16.8 Å². The number of aliphatic hydroxyl groups is 1. The summed E-state index contributed by atoms with van der Waals surface area (Å²) in [6, 6.07) is 10.2. The molecule has 1 aromatic carbocycles. The number of alkyl halides is 3. The smallest absolute Gasteiger partial charge is 0.253 e. The van der Waals surface area contributed by atoms with Crippen LogP contribution in [0.15, 0.2) is 42.6 Å². The standard InChI is InChI=1S/C20H24Cl2FN3O2/c1-12(2)24-11-16-8-7-15(10-25-16)13-3-5-14(6-4-13)18(27)17(9-23)26-20(28)19(21)22/h3-8,10,12,17-19,24,27H,9,11H2,1-2H3,(H,26,28). The van der Waals surface area contributed by atoms with Crippen LogP contribution in [-0.2, 0) is 11.3 Å². The van der Waals surface area contributed by atoms with Gasteiger partial charge in [0.2, 0.25) is 0 Å². The lowest BCUT2D eigenvalue weighted by Gasteiger charge is -2.22. The lowest BCUT2D eigenvalue weighted by atomic mass is 9.99. The van der Waals surface area contributed by atoms with Crippen molar-refractivity contribution in [2.75, 3.05) is 6.67 Å². The van der Waals surface area contributed by atoms with Crippen molar-refractivity contribution in [3.05, 3.63) is 53.9 Å². The van der Waals surface area contributed by atoms with Crippen molar-refractivity contribution in [3.63, 3.8) is 0 Å². The molecule has 2 rings (SSSR count). The zero-order chi connectivity index (χ0) is 20.7. The van der Waals surface area contributed by atoms with Crippen LogP contribution in [0, 0.1) is 0 Å². The molecule has 1 heterocycles. The van der Waals surface area contributed by atoms with Gasteiger partial charge < -0.3 is 15.7 Å². The molecule has 152 valence electrons. The van der Waals surface area contributed by atoms with Gasteiger partial charge in [-0.3, -0.25) is 9.78 Å². The minimum absolute atomic E-state index is 0.387. The Bertz CT molecular complexity index is 755. The van der Waals surface area contributed by atoms with Crippen LogP contribution in [0.1, 0.15) is 31.2 Å². The number of hydrogen-bond acceptors (Lipinski definition) is 4. The van der Waals surface area contributed by atoms with Crippen LogP contribution in [0.2, 0.25) is 0 Å². The molecule has 5 nitrogen and oxygen atoms in total. The summed E-state index contributed by atoms with van der Waals surface area (Å²) in [7, 11) is 0. The zero-order valence-corrected chi connectivity index (χ0v) is 17.2. The summed E-state index contributed by atoms with van der Waals surface area (Å²) in [5, 5.41) is 16.0. The molecule has 0 saturated heterocycles. The first kappa shape index (κ1) is 22.6. The first-order valence-corrected chi connectivity index (χ1v) is 9.80. The maximum Gasteiger partial charge on any atom is 0.253 e. The van der Waals surface area contributed by atoms with E-state index in [1.165, 1.54) is 0 Å². The summed E-state index contributed by atoms with van der Waals surface area (Å²) >= 11 is 10.9. The maximum atomic E-state index is 13.2. The van der Waals surface area contributed by atoms with Gasteiger partial charge >= 0.3 is 0 Å². The maximum absolute atomic E-state index is 13.2. The van der Waals surface area contributed by atoms with Gasteiger partial charge in [0, 0.05) is 24.3 Å². The minimum Gasteiger partial charge on any atom is -0.386 e. The van der Waals surface area contributed by atoms with Gasteiger partial charge in [0.1, 0.15) is 12.8 Å². The Labute approximate surface area is 174 Å². The van der Waals surface area contributed by atoms with Crippen molar-refractivity contribution in [2.45, 2.75) is 43.4 Å². The number of aliphatic hydroxyl groups excluding tert-OH is 1. The minimum atomic E-state index is -1.32. The predicted molar refractivity (Wildman–Crippen MR) is 110 cm³/mol. The average Bonchev–Trinajstić information content (AvgIpc) is 2.70. The van der Waals surface area contributed by atoms with Crippen LogP contribution in [0.25, 0.3) is 11.1 Å². The quantitative estimate of drug-likeness (QED) is 0.535. The van der Waals surface area contributed by atoms with Gasteiger partial charge in [-0.15, -0.1) is 0 Å². The number of carbonyl (C=O) groups excluding carboxylic acids is 1. The first-order valence-electron chi connectivity index (χ1n) is 8.93. The van der Waals surface area contributed by atoms with E-state index in [0.29, 0.717) is 18.2 Å². The molecule has 0 aliphatic carbocycles. The summed E-state index contributed by atoms with van der Waals surface area (Å²) < 4.78 is 13.2. The van der Waals surface area contributed by atoms with Gasteiger partial charge in [0.15, 0.2) is 4.84 Å². The number of rotatable bonds is 9. The van der Waals surface area contributed by atoms with E-state index in [1.807, 2.05) is 24.3 Å². The van der Waals surface area contributed by atoms with Gasteiger partial charge in [-0.2, -0.15) is 0 Å². The summed E-state index contributed by atoms with van der Waals surface area (Å²) in [4.78, 5) is 14.7. The molecule has 2 aromatic rings. The van der Waals surface area contributed by atoms with E-state index in [4.69, 9.17) is 23.2 Å². The van der Waals surface area contributed by atoms with E-state index in [-0.39, 0.29) is 0 Å². The highest BCUT2D eigenvalue weighted by Crippen LogP contribution is 2.24. The number of benzene rings is 1. The summed E-state index contributed by atoms with van der Waals surface area (Å²) in [6.45, 7) is 3.90. The molecule has 0 aliphatic rings. The van der Waals surface area contributed by atoms with Crippen LogP contribution >= 0.6 is 23.2 Å². The molecular weight excluding hydrogens is 404 g/mol. The molecule has 0 saturated carbocycles. The second kappa shape index (κ2) is 10.7. The van der Waals surface area contributed by atoms with Crippen LogP contribution in [0.5, 0.6) is 0 Å². The van der Waals surface area contributed by atoms with Gasteiger partial charge in [0.05, 0.1) is 11.7 Å². The molecular formula is C20H24Cl2FN3O2. The molecule has 0 fully saturated rings. The summed E-state index contributed by atoms with van der Waals surface area (Å²) in [5.74, 6) is -0.750. The molecule has 0 radical (unpaired) electrons. The molecule has 0 spiro atoms. The highest BCUT2D eigenvalue weighted by molar-refractivity contribution is 6.53. The van der Waals surface area contributed by atoms with E-state index in [9.17, 15) is 14.3 Å². The monoisotopic (exact) mass is 427 g/mol. The van der Waals surface area contributed by atoms with Crippen molar-refractivity contribution in [1.29, 1.82) is 0 Å². The third kappa shape index (κ3) is 6.41. The number of aromatic nitrogens is 1. The van der Waals surface area contributed by atoms with Crippen LogP contribution in [0.3, 0.4) is 0 Å². The fourth-order valence-electron chi connectivity index (χ4n) is 2.56. The molecule has 28 heavy (non-hydrogen) atoms. The van der Waals surface area contributed by atoms with Gasteiger partial charge in [0.25, 0.3) is 5.91 Å². The van der Waals surface area contributed by atoms with E-state index < -0.39 is 29.6 Å². The number of halogens is 3.